The topological polar surface area (TPSA) is 95.8 Å². The van der Waals surface area contributed by atoms with Crippen molar-refractivity contribution in [3.05, 3.63) is 70.7 Å². The lowest BCUT2D eigenvalue weighted by Crippen LogP contribution is -2.14. The lowest BCUT2D eigenvalue weighted by atomic mass is 10.1. The highest BCUT2D eigenvalue weighted by Crippen LogP contribution is 2.35. The molecule has 1 heterocycles. The Morgan fingerprint density at radius 3 is 2.42 bits per heavy atom. The summed E-state index contributed by atoms with van der Waals surface area (Å²) >= 11 is 3.63. The minimum atomic E-state index is 0.130. The van der Waals surface area contributed by atoms with Gasteiger partial charge in [-0.1, -0.05) is 30.3 Å². The smallest absolute Gasteiger partial charge is 0.328 e. The number of hydrogen-bond donors (Lipinski definition) is 2. The van der Waals surface area contributed by atoms with Crippen LogP contribution in [0.1, 0.15) is 19.4 Å². The van der Waals surface area contributed by atoms with E-state index in [0.29, 0.717) is 23.2 Å². The molecule has 3 aromatic carbocycles. The molecule has 0 spiro atoms. The third-order valence-corrected chi connectivity index (χ3v) is 5.15. The number of anilines is 3. The van der Waals surface area contributed by atoms with Crippen LogP contribution in [0.2, 0.25) is 0 Å². The van der Waals surface area contributed by atoms with Crippen LogP contribution >= 0.6 is 15.9 Å². The minimum Gasteiger partial charge on any atom is -0.423 e. The highest BCUT2D eigenvalue weighted by atomic mass is 79.9. The number of aromatic nitrogens is 3. The predicted molar refractivity (Wildman–Crippen MR) is 125 cm³/mol. The van der Waals surface area contributed by atoms with E-state index in [9.17, 15) is 0 Å². The van der Waals surface area contributed by atoms with Crippen molar-refractivity contribution in [2.24, 2.45) is 0 Å². The van der Waals surface area contributed by atoms with Crippen molar-refractivity contribution in [3.8, 4) is 17.8 Å². The molecule has 0 aliphatic rings. The normalized spacial score (nSPS) is 10.7. The Balaban J connectivity index is 1.67. The number of rotatable bonds is 6. The lowest BCUT2D eigenvalue weighted by Gasteiger charge is -2.13. The second-order valence-electron chi connectivity index (χ2n) is 7.08. The zero-order valence-electron chi connectivity index (χ0n) is 16.9. The van der Waals surface area contributed by atoms with Crippen molar-refractivity contribution in [1.82, 2.24) is 15.0 Å². The van der Waals surface area contributed by atoms with Gasteiger partial charge in [0.15, 0.2) is 0 Å². The summed E-state index contributed by atoms with van der Waals surface area (Å²) in [6.45, 7) is 4.00. The lowest BCUT2D eigenvalue weighted by molar-refractivity contribution is 0.439. The summed E-state index contributed by atoms with van der Waals surface area (Å²) in [5, 5.41) is 17.4. The number of fused-ring (bicyclic) bond motifs is 1. The molecule has 0 saturated carbocycles. The zero-order chi connectivity index (χ0) is 21.8. The summed E-state index contributed by atoms with van der Waals surface area (Å²) in [6.07, 6.45) is 0. The average Bonchev–Trinajstić information content (AvgIpc) is 2.76. The van der Waals surface area contributed by atoms with Gasteiger partial charge in [0, 0.05) is 11.7 Å². The van der Waals surface area contributed by atoms with Crippen LogP contribution in [0.15, 0.2) is 65.1 Å². The van der Waals surface area contributed by atoms with Gasteiger partial charge in [0.05, 0.1) is 16.1 Å². The molecule has 8 heteroatoms. The fourth-order valence-corrected chi connectivity index (χ4v) is 3.50. The molecule has 2 N–H and O–H groups in total. The van der Waals surface area contributed by atoms with Crippen molar-refractivity contribution in [1.29, 1.82) is 5.26 Å². The fraction of sp³-hybridized carbons (Fsp3) is 0.130. The van der Waals surface area contributed by atoms with Crippen molar-refractivity contribution >= 4 is 44.3 Å². The monoisotopic (exact) mass is 474 g/mol. The molecule has 0 atom stereocenters. The molecule has 0 radical (unpaired) electrons. The summed E-state index contributed by atoms with van der Waals surface area (Å²) < 4.78 is 6.85. The van der Waals surface area contributed by atoms with Crippen LogP contribution in [0, 0.1) is 11.3 Å². The standard InChI is InChI=1S/C23H19BrN6O/c1-14(2)26-21-28-22(27-17-10-7-15(13-25)8-11-17)30-23(29-21)31-19-12-9-16-5-3-4-6-18(16)20(19)24/h3-12,14H,1-2H3,(H2,26,27,28,29,30). The third kappa shape index (κ3) is 4.90. The molecule has 4 aromatic rings. The third-order valence-electron chi connectivity index (χ3n) is 4.33. The molecule has 31 heavy (non-hydrogen) atoms. The molecule has 154 valence electrons. The summed E-state index contributed by atoms with van der Waals surface area (Å²) in [4.78, 5) is 13.2. The molecule has 0 fully saturated rings. The van der Waals surface area contributed by atoms with Gasteiger partial charge in [-0.25, -0.2) is 0 Å². The van der Waals surface area contributed by atoms with Gasteiger partial charge in [-0.05, 0) is 70.9 Å². The average molecular weight is 475 g/mol. The highest BCUT2D eigenvalue weighted by Gasteiger charge is 2.13. The summed E-state index contributed by atoms with van der Waals surface area (Å²) in [7, 11) is 0. The number of nitrogens with one attached hydrogen (secondary N) is 2. The first-order chi connectivity index (χ1) is 15.0. The van der Waals surface area contributed by atoms with E-state index in [0.717, 1.165) is 20.9 Å². The first-order valence-electron chi connectivity index (χ1n) is 9.67. The Kier molecular flexibility index (Phi) is 5.96. The summed E-state index contributed by atoms with van der Waals surface area (Å²) in [5.41, 5.74) is 1.33. The van der Waals surface area contributed by atoms with E-state index in [1.807, 2.05) is 50.2 Å². The van der Waals surface area contributed by atoms with Gasteiger partial charge in [0.25, 0.3) is 0 Å². The van der Waals surface area contributed by atoms with E-state index in [1.54, 1.807) is 24.3 Å². The van der Waals surface area contributed by atoms with Crippen LogP contribution in [-0.4, -0.2) is 21.0 Å². The van der Waals surface area contributed by atoms with Crippen molar-refractivity contribution in [2.75, 3.05) is 10.6 Å². The maximum absolute atomic E-state index is 8.97. The van der Waals surface area contributed by atoms with Crippen LogP contribution in [0.25, 0.3) is 10.8 Å². The van der Waals surface area contributed by atoms with Crippen molar-refractivity contribution < 1.29 is 4.74 Å². The van der Waals surface area contributed by atoms with Gasteiger partial charge in [0.1, 0.15) is 5.75 Å². The Morgan fingerprint density at radius 1 is 0.935 bits per heavy atom. The number of benzene rings is 3. The number of nitrogens with zero attached hydrogens (tertiary/aromatic N) is 4. The fourth-order valence-electron chi connectivity index (χ4n) is 2.93. The molecule has 7 nitrogen and oxygen atoms in total. The maximum atomic E-state index is 8.97. The molecular weight excluding hydrogens is 456 g/mol. The van der Waals surface area contributed by atoms with Crippen LogP contribution in [0.5, 0.6) is 11.8 Å². The Labute approximate surface area is 188 Å². The molecular formula is C23H19BrN6O. The van der Waals surface area contributed by atoms with Crippen molar-refractivity contribution in [3.63, 3.8) is 0 Å². The second kappa shape index (κ2) is 8.98. The molecule has 1 aromatic heterocycles. The Morgan fingerprint density at radius 2 is 1.68 bits per heavy atom. The van der Waals surface area contributed by atoms with Crippen LogP contribution < -0.4 is 15.4 Å². The first-order valence-corrected chi connectivity index (χ1v) is 10.5. The number of nitriles is 1. The van der Waals surface area contributed by atoms with Gasteiger partial charge in [-0.15, -0.1) is 0 Å². The minimum absolute atomic E-state index is 0.130. The quantitative estimate of drug-likeness (QED) is 0.352. The summed E-state index contributed by atoms with van der Waals surface area (Å²) in [6, 6.07) is 21.3. The molecule has 4 rings (SSSR count). The van der Waals surface area contributed by atoms with E-state index in [4.69, 9.17) is 10.00 Å². The predicted octanol–water partition coefficient (Wildman–Crippen LogP) is 6.02. The van der Waals surface area contributed by atoms with Crippen LogP contribution in [0.3, 0.4) is 0 Å². The van der Waals surface area contributed by atoms with E-state index in [-0.39, 0.29) is 12.1 Å². The van der Waals surface area contributed by atoms with Gasteiger partial charge in [0.2, 0.25) is 11.9 Å². The van der Waals surface area contributed by atoms with Crippen LogP contribution in [-0.2, 0) is 0 Å². The number of halogens is 1. The molecule has 0 aliphatic carbocycles. The van der Waals surface area contributed by atoms with Crippen molar-refractivity contribution in [2.45, 2.75) is 19.9 Å². The molecule has 0 unspecified atom stereocenters. The van der Waals surface area contributed by atoms with Gasteiger partial charge < -0.3 is 15.4 Å². The molecule has 0 saturated heterocycles. The zero-order valence-corrected chi connectivity index (χ0v) is 18.5. The maximum Gasteiger partial charge on any atom is 0.328 e. The second-order valence-corrected chi connectivity index (χ2v) is 7.87. The van der Waals surface area contributed by atoms with Gasteiger partial charge >= 0.3 is 6.01 Å². The Hall–Kier alpha value is -3.70. The Bertz CT molecular complexity index is 1270. The first kappa shape index (κ1) is 20.6. The SMILES string of the molecule is CC(C)Nc1nc(Nc2ccc(C#N)cc2)nc(Oc2ccc3ccccc3c2Br)n1. The van der Waals surface area contributed by atoms with E-state index in [1.165, 1.54) is 0 Å². The van der Waals surface area contributed by atoms with E-state index < -0.39 is 0 Å². The largest absolute Gasteiger partial charge is 0.423 e. The molecule has 0 aliphatic heterocycles. The van der Waals surface area contributed by atoms with Crippen LogP contribution in [0.4, 0.5) is 17.6 Å². The van der Waals surface area contributed by atoms with E-state index in [2.05, 4.69) is 47.6 Å². The molecule has 0 bridgehead atoms. The highest BCUT2D eigenvalue weighted by molar-refractivity contribution is 9.10. The number of hydrogen-bond acceptors (Lipinski definition) is 7. The van der Waals surface area contributed by atoms with Gasteiger partial charge in [-0.2, -0.15) is 20.2 Å². The molecule has 0 amide bonds. The van der Waals surface area contributed by atoms with E-state index >= 15 is 0 Å². The van der Waals surface area contributed by atoms with Gasteiger partial charge in [-0.3, -0.25) is 0 Å². The summed E-state index contributed by atoms with van der Waals surface area (Å²) in [5.74, 6) is 1.33. The number of ether oxygens (including phenoxy) is 1.